The number of rotatable bonds is 5. The van der Waals surface area contributed by atoms with Gasteiger partial charge in [0, 0.05) is 35.2 Å². The van der Waals surface area contributed by atoms with Crippen molar-refractivity contribution in [2.45, 2.75) is 32.9 Å². The molecule has 0 radical (unpaired) electrons. The van der Waals surface area contributed by atoms with E-state index in [0.29, 0.717) is 6.04 Å². The maximum Gasteiger partial charge on any atom is 0.122 e. The van der Waals surface area contributed by atoms with Crippen LogP contribution in [-0.4, -0.2) is 15.6 Å². The first kappa shape index (κ1) is 12.3. The van der Waals surface area contributed by atoms with Crippen LogP contribution >= 0.6 is 11.3 Å². The Morgan fingerprint density at radius 2 is 2.29 bits per heavy atom. The fraction of sp³-hybridized carbons (Fsp3) is 0.462. The summed E-state index contributed by atoms with van der Waals surface area (Å²) < 4.78 is 2.05. The normalized spacial score (nSPS) is 12.9. The molecule has 0 bridgehead atoms. The average molecular weight is 249 g/mol. The van der Waals surface area contributed by atoms with Crippen molar-refractivity contribution < 1.29 is 0 Å². The molecule has 2 heterocycles. The molecule has 0 aliphatic rings. The molecule has 0 spiro atoms. The van der Waals surface area contributed by atoms with Gasteiger partial charge in [0.05, 0.1) is 6.54 Å². The molecule has 2 aromatic heterocycles. The number of aromatic nitrogens is 2. The zero-order valence-electron chi connectivity index (χ0n) is 10.6. The monoisotopic (exact) mass is 249 g/mol. The van der Waals surface area contributed by atoms with Gasteiger partial charge in [-0.1, -0.05) is 0 Å². The van der Waals surface area contributed by atoms with Crippen LogP contribution in [0.5, 0.6) is 0 Å². The highest BCUT2D eigenvalue weighted by molar-refractivity contribution is 7.11. The Morgan fingerprint density at radius 3 is 2.88 bits per heavy atom. The Kier molecular flexibility index (Phi) is 3.97. The summed E-state index contributed by atoms with van der Waals surface area (Å²) in [6, 6.07) is 4.88. The second-order valence-corrected chi connectivity index (χ2v) is 5.83. The number of aryl methyl sites for hydroxylation is 2. The zero-order chi connectivity index (χ0) is 12.3. The van der Waals surface area contributed by atoms with Crippen LogP contribution in [0.4, 0.5) is 0 Å². The second-order valence-electron chi connectivity index (χ2n) is 4.45. The van der Waals surface area contributed by atoms with Gasteiger partial charge in [0.1, 0.15) is 5.82 Å². The lowest BCUT2D eigenvalue weighted by Gasteiger charge is -2.12. The summed E-state index contributed by atoms with van der Waals surface area (Å²) >= 11 is 1.88. The quantitative estimate of drug-likeness (QED) is 0.882. The minimum atomic E-state index is 0.477. The number of thiophene rings is 1. The number of hydrogen-bond acceptors (Lipinski definition) is 3. The van der Waals surface area contributed by atoms with Gasteiger partial charge in [-0.15, -0.1) is 11.3 Å². The molecule has 4 heteroatoms. The molecule has 0 fully saturated rings. The van der Waals surface area contributed by atoms with Gasteiger partial charge in [-0.05, 0) is 32.4 Å². The number of hydrogen-bond donors (Lipinski definition) is 1. The lowest BCUT2D eigenvalue weighted by atomic mass is 10.2. The average Bonchev–Trinajstić information content (AvgIpc) is 2.85. The Labute approximate surface area is 107 Å². The SMILES string of the molecule is Cc1ccc(CC(C)NCc2nccn2C)s1. The van der Waals surface area contributed by atoms with Crippen LogP contribution in [0.15, 0.2) is 24.5 Å². The molecule has 17 heavy (non-hydrogen) atoms. The highest BCUT2D eigenvalue weighted by Crippen LogP contribution is 2.16. The molecule has 1 atom stereocenters. The van der Waals surface area contributed by atoms with Crippen LogP contribution in [0.1, 0.15) is 22.5 Å². The van der Waals surface area contributed by atoms with Gasteiger partial charge < -0.3 is 9.88 Å². The lowest BCUT2D eigenvalue weighted by molar-refractivity contribution is 0.528. The molecule has 0 saturated heterocycles. The summed E-state index contributed by atoms with van der Waals surface area (Å²) in [6.45, 7) is 5.20. The molecule has 0 amide bonds. The topological polar surface area (TPSA) is 29.9 Å². The van der Waals surface area contributed by atoms with Gasteiger partial charge in [0.15, 0.2) is 0 Å². The van der Waals surface area contributed by atoms with Crippen molar-refractivity contribution in [3.63, 3.8) is 0 Å². The van der Waals surface area contributed by atoms with E-state index in [0.717, 1.165) is 18.8 Å². The first-order valence-electron chi connectivity index (χ1n) is 5.90. The molecule has 0 aliphatic carbocycles. The van der Waals surface area contributed by atoms with Crippen molar-refractivity contribution in [3.8, 4) is 0 Å². The Hall–Kier alpha value is -1.13. The number of nitrogens with one attached hydrogen (secondary N) is 1. The third-order valence-electron chi connectivity index (χ3n) is 2.83. The molecule has 2 rings (SSSR count). The molecule has 0 aromatic carbocycles. The minimum Gasteiger partial charge on any atom is -0.337 e. The molecule has 1 unspecified atom stereocenters. The molecule has 1 N–H and O–H groups in total. The van der Waals surface area contributed by atoms with E-state index < -0.39 is 0 Å². The first-order chi connectivity index (χ1) is 8.15. The lowest BCUT2D eigenvalue weighted by Crippen LogP contribution is -2.28. The van der Waals surface area contributed by atoms with E-state index in [1.165, 1.54) is 9.75 Å². The van der Waals surface area contributed by atoms with Gasteiger partial charge in [0.25, 0.3) is 0 Å². The van der Waals surface area contributed by atoms with E-state index in [9.17, 15) is 0 Å². The maximum atomic E-state index is 4.30. The van der Waals surface area contributed by atoms with Crippen LogP contribution in [-0.2, 0) is 20.0 Å². The van der Waals surface area contributed by atoms with Crippen LogP contribution in [0.2, 0.25) is 0 Å². The summed E-state index contributed by atoms with van der Waals surface area (Å²) in [5, 5.41) is 3.51. The van der Waals surface area contributed by atoms with Crippen LogP contribution in [0.3, 0.4) is 0 Å². The predicted octanol–water partition coefficient (Wildman–Crippen LogP) is 2.51. The van der Waals surface area contributed by atoms with Crippen molar-refractivity contribution in [1.29, 1.82) is 0 Å². The summed E-state index contributed by atoms with van der Waals surface area (Å²) in [7, 11) is 2.03. The van der Waals surface area contributed by atoms with Crippen molar-refractivity contribution in [2.24, 2.45) is 7.05 Å². The van der Waals surface area contributed by atoms with E-state index in [1.807, 2.05) is 30.8 Å². The Bertz CT molecular complexity index is 472. The highest BCUT2D eigenvalue weighted by Gasteiger charge is 2.06. The summed E-state index contributed by atoms with van der Waals surface area (Å²) in [5.74, 6) is 1.08. The van der Waals surface area contributed by atoms with Crippen LogP contribution < -0.4 is 5.32 Å². The standard InChI is InChI=1S/C13H19N3S/c1-10(8-12-5-4-11(2)17-12)15-9-13-14-6-7-16(13)3/h4-7,10,15H,8-9H2,1-3H3. The summed E-state index contributed by atoms with van der Waals surface area (Å²) in [5.41, 5.74) is 0. The molecular formula is C13H19N3S. The fourth-order valence-corrected chi connectivity index (χ4v) is 2.82. The molecule has 2 aromatic rings. The summed E-state index contributed by atoms with van der Waals surface area (Å²) in [4.78, 5) is 7.13. The first-order valence-corrected chi connectivity index (χ1v) is 6.71. The smallest absolute Gasteiger partial charge is 0.122 e. The maximum absolute atomic E-state index is 4.30. The van der Waals surface area contributed by atoms with Gasteiger partial charge >= 0.3 is 0 Å². The van der Waals surface area contributed by atoms with Crippen molar-refractivity contribution in [2.75, 3.05) is 0 Å². The van der Waals surface area contributed by atoms with Crippen molar-refractivity contribution in [3.05, 3.63) is 40.1 Å². The Balaban J connectivity index is 1.82. The fourth-order valence-electron chi connectivity index (χ4n) is 1.80. The second kappa shape index (κ2) is 5.47. The van der Waals surface area contributed by atoms with E-state index in [4.69, 9.17) is 0 Å². The van der Waals surface area contributed by atoms with Crippen LogP contribution in [0, 0.1) is 6.92 Å². The number of imidazole rings is 1. The van der Waals surface area contributed by atoms with Gasteiger partial charge in [0.2, 0.25) is 0 Å². The highest BCUT2D eigenvalue weighted by atomic mass is 32.1. The number of nitrogens with zero attached hydrogens (tertiary/aromatic N) is 2. The van der Waals surface area contributed by atoms with Crippen LogP contribution in [0.25, 0.3) is 0 Å². The van der Waals surface area contributed by atoms with Crippen molar-refractivity contribution >= 4 is 11.3 Å². The zero-order valence-corrected chi connectivity index (χ0v) is 11.4. The minimum absolute atomic E-state index is 0.477. The van der Waals surface area contributed by atoms with E-state index in [-0.39, 0.29) is 0 Å². The molecular weight excluding hydrogens is 230 g/mol. The van der Waals surface area contributed by atoms with E-state index in [2.05, 4.69) is 40.8 Å². The van der Waals surface area contributed by atoms with E-state index >= 15 is 0 Å². The third-order valence-corrected chi connectivity index (χ3v) is 3.86. The Morgan fingerprint density at radius 1 is 1.47 bits per heavy atom. The summed E-state index contributed by atoms with van der Waals surface area (Å²) in [6.07, 6.45) is 4.90. The van der Waals surface area contributed by atoms with E-state index in [1.54, 1.807) is 0 Å². The van der Waals surface area contributed by atoms with Gasteiger partial charge in [-0.3, -0.25) is 0 Å². The van der Waals surface area contributed by atoms with Crippen molar-refractivity contribution in [1.82, 2.24) is 14.9 Å². The molecule has 92 valence electrons. The largest absolute Gasteiger partial charge is 0.337 e. The van der Waals surface area contributed by atoms with Gasteiger partial charge in [-0.25, -0.2) is 4.98 Å². The molecule has 3 nitrogen and oxygen atoms in total. The van der Waals surface area contributed by atoms with Gasteiger partial charge in [-0.2, -0.15) is 0 Å². The third kappa shape index (κ3) is 3.41. The molecule has 0 aliphatic heterocycles. The predicted molar refractivity (Wildman–Crippen MR) is 72.3 cm³/mol. The molecule has 0 saturated carbocycles.